The average molecular weight is 278 g/mol. The molecule has 1 aliphatic carbocycles. The number of benzene rings is 2. The van der Waals surface area contributed by atoms with Crippen LogP contribution in [-0.4, -0.2) is 0 Å². The van der Waals surface area contributed by atoms with Crippen LogP contribution in [0, 0.1) is 12.3 Å². The van der Waals surface area contributed by atoms with Crippen LogP contribution in [0.3, 0.4) is 0 Å². The first-order valence-corrected chi connectivity index (χ1v) is 8.21. The monoisotopic (exact) mass is 278 g/mol. The summed E-state index contributed by atoms with van der Waals surface area (Å²) >= 11 is 0. The van der Waals surface area contributed by atoms with Crippen molar-refractivity contribution in [3.05, 3.63) is 59.7 Å². The van der Waals surface area contributed by atoms with Gasteiger partial charge in [-0.1, -0.05) is 67.9 Å². The highest BCUT2D eigenvalue weighted by molar-refractivity contribution is 5.64. The lowest BCUT2D eigenvalue weighted by molar-refractivity contribution is 0.224. The van der Waals surface area contributed by atoms with E-state index < -0.39 is 0 Å². The van der Waals surface area contributed by atoms with E-state index in [0.29, 0.717) is 5.41 Å². The predicted octanol–water partition coefficient (Wildman–Crippen LogP) is 6.35. The molecule has 0 aliphatic heterocycles. The summed E-state index contributed by atoms with van der Waals surface area (Å²) in [6.07, 6.45) is 5.41. The molecular formula is C21H26. The molecule has 3 rings (SSSR count). The van der Waals surface area contributed by atoms with Gasteiger partial charge in [0.25, 0.3) is 0 Å². The second kappa shape index (κ2) is 5.67. The maximum Gasteiger partial charge on any atom is -0.0162 e. The number of hydrogen-bond acceptors (Lipinski definition) is 0. The van der Waals surface area contributed by atoms with Crippen molar-refractivity contribution in [3.63, 3.8) is 0 Å². The minimum absolute atomic E-state index is 0.554. The summed E-state index contributed by atoms with van der Waals surface area (Å²) in [5, 5.41) is 0. The lowest BCUT2D eigenvalue weighted by Crippen LogP contribution is -2.20. The molecule has 0 nitrogen and oxygen atoms in total. The molecular weight excluding hydrogens is 252 g/mol. The van der Waals surface area contributed by atoms with Crippen molar-refractivity contribution in [3.8, 4) is 11.1 Å². The molecule has 2 aromatic carbocycles. The van der Waals surface area contributed by atoms with Gasteiger partial charge in [0.15, 0.2) is 0 Å². The van der Waals surface area contributed by atoms with Gasteiger partial charge in [-0.3, -0.25) is 0 Å². The van der Waals surface area contributed by atoms with Crippen LogP contribution < -0.4 is 0 Å². The van der Waals surface area contributed by atoms with E-state index in [2.05, 4.69) is 69.3 Å². The summed E-state index contributed by atoms with van der Waals surface area (Å²) in [6.45, 7) is 6.95. The highest BCUT2D eigenvalue weighted by Gasteiger charge is 2.27. The van der Waals surface area contributed by atoms with Crippen LogP contribution in [0.4, 0.5) is 0 Å². The zero-order chi connectivity index (χ0) is 14.9. The molecule has 0 radical (unpaired) electrons. The van der Waals surface area contributed by atoms with Crippen LogP contribution in [0.1, 0.15) is 56.6 Å². The topological polar surface area (TPSA) is 0 Å². The SMILES string of the molecule is Cc1ccc(-c2ccc(C3CCC(C)(C)CC3)cc2)cc1. The van der Waals surface area contributed by atoms with Crippen LogP contribution in [0.5, 0.6) is 0 Å². The smallest absolute Gasteiger partial charge is 0.0162 e. The van der Waals surface area contributed by atoms with Gasteiger partial charge in [0.1, 0.15) is 0 Å². The highest BCUT2D eigenvalue weighted by Crippen LogP contribution is 2.42. The summed E-state index contributed by atoms with van der Waals surface area (Å²) in [5.74, 6) is 0.769. The van der Waals surface area contributed by atoms with Crippen molar-refractivity contribution in [1.82, 2.24) is 0 Å². The number of aryl methyl sites for hydroxylation is 1. The van der Waals surface area contributed by atoms with Gasteiger partial charge in [0.05, 0.1) is 0 Å². The van der Waals surface area contributed by atoms with Crippen molar-refractivity contribution in [2.75, 3.05) is 0 Å². The molecule has 0 amide bonds. The second-order valence-electron chi connectivity index (χ2n) is 7.43. The lowest BCUT2D eigenvalue weighted by Gasteiger charge is -2.34. The first-order valence-electron chi connectivity index (χ1n) is 8.21. The molecule has 0 unspecified atom stereocenters. The van der Waals surface area contributed by atoms with E-state index in [0.717, 1.165) is 5.92 Å². The molecule has 110 valence electrons. The molecule has 0 heteroatoms. The quantitative estimate of drug-likeness (QED) is 0.600. The zero-order valence-corrected chi connectivity index (χ0v) is 13.5. The third-order valence-electron chi connectivity index (χ3n) is 5.11. The van der Waals surface area contributed by atoms with Crippen molar-refractivity contribution >= 4 is 0 Å². The van der Waals surface area contributed by atoms with E-state index in [1.54, 1.807) is 0 Å². The van der Waals surface area contributed by atoms with Gasteiger partial charge < -0.3 is 0 Å². The standard InChI is InChI=1S/C21H26/c1-16-4-6-17(7-5-16)18-8-10-19(11-9-18)20-12-14-21(2,3)15-13-20/h4-11,20H,12-15H2,1-3H3. The summed E-state index contributed by atoms with van der Waals surface area (Å²) in [7, 11) is 0. The molecule has 0 spiro atoms. The van der Waals surface area contributed by atoms with Crippen LogP contribution >= 0.6 is 0 Å². The van der Waals surface area contributed by atoms with Gasteiger partial charge >= 0.3 is 0 Å². The van der Waals surface area contributed by atoms with Crippen molar-refractivity contribution in [2.45, 2.75) is 52.4 Å². The first kappa shape index (κ1) is 14.4. The normalized spacial score (nSPS) is 18.6. The Morgan fingerprint density at radius 3 is 1.76 bits per heavy atom. The van der Waals surface area contributed by atoms with Crippen LogP contribution in [-0.2, 0) is 0 Å². The molecule has 0 aromatic heterocycles. The predicted molar refractivity (Wildman–Crippen MR) is 91.6 cm³/mol. The fourth-order valence-corrected chi connectivity index (χ4v) is 3.43. The molecule has 0 saturated heterocycles. The van der Waals surface area contributed by atoms with Crippen LogP contribution in [0.15, 0.2) is 48.5 Å². The average Bonchev–Trinajstić information content (AvgIpc) is 2.48. The van der Waals surface area contributed by atoms with E-state index in [9.17, 15) is 0 Å². The minimum atomic E-state index is 0.554. The Hall–Kier alpha value is -1.56. The summed E-state index contributed by atoms with van der Waals surface area (Å²) < 4.78 is 0. The molecule has 0 atom stereocenters. The molecule has 0 bridgehead atoms. The molecule has 1 saturated carbocycles. The van der Waals surface area contributed by atoms with Gasteiger partial charge in [-0.2, -0.15) is 0 Å². The van der Waals surface area contributed by atoms with Crippen molar-refractivity contribution in [2.24, 2.45) is 5.41 Å². The van der Waals surface area contributed by atoms with Crippen molar-refractivity contribution in [1.29, 1.82) is 0 Å². The Labute approximate surface area is 129 Å². The van der Waals surface area contributed by atoms with Gasteiger partial charge in [-0.25, -0.2) is 0 Å². The van der Waals surface area contributed by atoms with Crippen LogP contribution in [0.2, 0.25) is 0 Å². The molecule has 0 N–H and O–H groups in total. The molecule has 0 heterocycles. The highest BCUT2D eigenvalue weighted by atomic mass is 14.3. The van der Waals surface area contributed by atoms with E-state index >= 15 is 0 Å². The third-order valence-corrected chi connectivity index (χ3v) is 5.11. The van der Waals surface area contributed by atoms with Gasteiger partial charge in [0.2, 0.25) is 0 Å². The summed E-state index contributed by atoms with van der Waals surface area (Å²) in [4.78, 5) is 0. The third kappa shape index (κ3) is 3.37. The van der Waals surface area contributed by atoms with Crippen molar-refractivity contribution < 1.29 is 0 Å². The maximum atomic E-state index is 2.41. The number of hydrogen-bond donors (Lipinski definition) is 0. The van der Waals surface area contributed by atoms with Crippen LogP contribution in [0.25, 0.3) is 11.1 Å². The van der Waals surface area contributed by atoms with Gasteiger partial charge in [0, 0.05) is 0 Å². The fourth-order valence-electron chi connectivity index (χ4n) is 3.43. The minimum Gasteiger partial charge on any atom is -0.0599 e. The molecule has 1 aliphatic rings. The Morgan fingerprint density at radius 2 is 1.24 bits per heavy atom. The number of rotatable bonds is 2. The second-order valence-corrected chi connectivity index (χ2v) is 7.43. The van der Waals surface area contributed by atoms with E-state index in [1.807, 2.05) is 0 Å². The Morgan fingerprint density at radius 1 is 0.762 bits per heavy atom. The maximum absolute atomic E-state index is 2.41. The van der Waals surface area contributed by atoms with E-state index in [-0.39, 0.29) is 0 Å². The van der Waals surface area contributed by atoms with Gasteiger partial charge in [-0.15, -0.1) is 0 Å². The van der Waals surface area contributed by atoms with E-state index in [1.165, 1.54) is 47.9 Å². The zero-order valence-electron chi connectivity index (χ0n) is 13.5. The lowest BCUT2D eigenvalue weighted by atomic mass is 9.71. The van der Waals surface area contributed by atoms with E-state index in [4.69, 9.17) is 0 Å². The molecule has 2 aromatic rings. The fraction of sp³-hybridized carbons (Fsp3) is 0.429. The molecule has 21 heavy (non-hydrogen) atoms. The Bertz CT molecular complexity index is 577. The summed E-state index contributed by atoms with van der Waals surface area (Å²) in [6, 6.07) is 18.1. The molecule has 1 fully saturated rings. The Balaban J connectivity index is 1.74. The van der Waals surface area contributed by atoms with Gasteiger partial charge in [-0.05, 0) is 60.6 Å². The summed E-state index contributed by atoms with van der Waals surface area (Å²) in [5.41, 5.74) is 6.05. The Kier molecular flexibility index (Phi) is 3.89. The first-order chi connectivity index (χ1) is 10.0. The largest absolute Gasteiger partial charge is 0.0599 e.